The van der Waals surface area contributed by atoms with Crippen molar-refractivity contribution in [2.75, 3.05) is 26.2 Å². The smallest absolute Gasteiger partial charge is 0.241 e. The molecule has 0 atom stereocenters. The van der Waals surface area contributed by atoms with Crippen molar-refractivity contribution in [3.63, 3.8) is 0 Å². The molecule has 27 heavy (non-hydrogen) atoms. The Morgan fingerprint density at radius 2 is 2.04 bits per heavy atom. The molecule has 3 rings (SSSR count). The Bertz CT molecular complexity index is 778. The Hall–Kier alpha value is -2.34. The molecule has 6 nitrogen and oxygen atoms in total. The molecule has 0 bridgehead atoms. The van der Waals surface area contributed by atoms with Crippen LogP contribution in [0.5, 0.6) is 5.75 Å². The van der Waals surface area contributed by atoms with Crippen LogP contribution in [0.3, 0.4) is 0 Å². The van der Waals surface area contributed by atoms with Crippen molar-refractivity contribution in [3.8, 4) is 17.0 Å². The summed E-state index contributed by atoms with van der Waals surface area (Å²) < 4.78 is 7.59. The Morgan fingerprint density at radius 1 is 1.26 bits per heavy atom. The van der Waals surface area contributed by atoms with Crippen molar-refractivity contribution in [1.29, 1.82) is 0 Å². The van der Waals surface area contributed by atoms with Crippen LogP contribution in [-0.4, -0.2) is 46.8 Å². The van der Waals surface area contributed by atoms with Crippen LogP contribution in [-0.2, 0) is 17.9 Å². The quantitative estimate of drug-likeness (QED) is 0.737. The average molecular weight is 370 g/mol. The fraction of sp³-hybridized carbons (Fsp3) is 0.524. The molecule has 0 saturated carbocycles. The van der Waals surface area contributed by atoms with Crippen LogP contribution in [0.4, 0.5) is 0 Å². The number of amides is 1. The summed E-state index contributed by atoms with van der Waals surface area (Å²) in [6.07, 6.45) is 4.07. The maximum Gasteiger partial charge on any atom is 0.241 e. The van der Waals surface area contributed by atoms with Crippen molar-refractivity contribution in [2.45, 2.75) is 46.8 Å². The first-order valence-electron chi connectivity index (χ1n) is 9.90. The molecular weight excluding hydrogens is 340 g/mol. The minimum atomic E-state index is -0.00505. The number of benzene rings is 1. The molecule has 146 valence electrons. The minimum Gasteiger partial charge on any atom is -0.488 e. The van der Waals surface area contributed by atoms with Crippen molar-refractivity contribution in [3.05, 3.63) is 35.5 Å². The van der Waals surface area contributed by atoms with E-state index in [1.165, 1.54) is 0 Å². The van der Waals surface area contributed by atoms with Gasteiger partial charge in [-0.05, 0) is 45.0 Å². The van der Waals surface area contributed by atoms with Crippen LogP contribution in [0.2, 0.25) is 0 Å². The second kappa shape index (κ2) is 9.04. The standard InChI is InChI=1S/C21H30N4O2/c1-4-9-24(10-5-2)11-8-22-20(26)14-25-21-17(13-23-25)15-27-19-7-6-16(3)12-18(19)21/h6-7,12-13H,4-5,8-11,14-15H2,1-3H3,(H,22,26). The molecule has 0 spiro atoms. The van der Waals surface area contributed by atoms with Gasteiger partial charge in [0.1, 0.15) is 18.9 Å². The highest BCUT2D eigenvalue weighted by molar-refractivity contribution is 5.78. The van der Waals surface area contributed by atoms with E-state index in [0.717, 1.165) is 60.6 Å². The molecule has 2 heterocycles. The Morgan fingerprint density at radius 3 is 2.78 bits per heavy atom. The number of rotatable bonds is 9. The van der Waals surface area contributed by atoms with Crippen LogP contribution >= 0.6 is 0 Å². The van der Waals surface area contributed by atoms with Gasteiger partial charge in [-0.2, -0.15) is 5.10 Å². The number of aromatic nitrogens is 2. The van der Waals surface area contributed by atoms with E-state index in [4.69, 9.17) is 4.74 Å². The van der Waals surface area contributed by atoms with Crippen molar-refractivity contribution >= 4 is 5.91 Å². The number of aryl methyl sites for hydroxylation is 1. The summed E-state index contributed by atoms with van der Waals surface area (Å²) in [5.41, 5.74) is 4.19. The largest absolute Gasteiger partial charge is 0.488 e. The van der Waals surface area contributed by atoms with Gasteiger partial charge in [0.2, 0.25) is 5.91 Å². The molecule has 1 aromatic carbocycles. The van der Waals surface area contributed by atoms with Crippen molar-refractivity contribution in [1.82, 2.24) is 20.0 Å². The van der Waals surface area contributed by atoms with E-state index in [0.29, 0.717) is 13.2 Å². The van der Waals surface area contributed by atoms with E-state index < -0.39 is 0 Å². The van der Waals surface area contributed by atoms with Crippen LogP contribution < -0.4 is 10.1 Å². The van der Waals surface area contributed by atoms with Crippen molar-refractivity contribution in [2.24, 2.45) is 0 Å². The summed E-state index contributed by atoms with van der Waals surface area (Å²) in [7, 11) is 0. The monoisotopic (exact) mass is 370 g/mol. The molecule has 1 aliphatic rings. The molecule has 1 aromatic heterocycles. The predicted octanol–water partition coefficient (Wildman–Crippen LogP) is 2.99. The summed E-state index contributed by atoms with van der Waals surface area (Å²) in [6, 6.07) is 6.12. The highest BCUT2D eigenvalue weighted by Crippen LogP contribution is 2.37. The molecule has 0 fully saturated rings. The summed E-state index contributed by atoms with van der Waals surface area (Å²) >= 11 is 0. The summed E-state index contributed by atoms with van der Waals surface area (Å²) in [5.74, 6) is 0.847. The van der Waals surface area contributed by atoms with Gasteiger partial charge in [0.25, 0.3) is 0 Å². The molecule has 0 aliphatic carbocycles. The third-order valence-electron chi connectivity index (χ3n) is 4.81. The number of nitrogens with one attached hydrogen (secondary N) is 1. The van der Waals surface area contributed by atoms with Crippen LogP contribution in [0.15, 0.2) is 24.4 Å². The lowest BCUT2D eigenvalue weighted by Crippen LogP contribution is -2.37. The first-order chi connectivity index (χ1) is 13.1. The summed E-state index contributed by atoms with van der Waals surface area (Å²) in [5, 5.41) is 7.47. The topological polar surface area (TPSA) is 59.4 Å². The van der Waals surface area contributed by atoms with Crippen LogP contribution in [0.25, 0.3) is 11.3 Å². The molecular formula is C21H30N4O2. The van der Waals surface area contributed by atoms with Gasteiger partial charge >= 0.3 is 0 Å². The third-order valence-corrected chi connectivity index (χ3v) is 4.81. The number of carbonyl (C=O) groups is 1. The molecule has 1 aliphatic heterocycles. The number of ether oxygens (including phenoxy) is 1. The highest BCUT2D eigenvalue weighted by Gasteiger charge is 2.23. The fourth-order valence-corrected chi connectivity index (χ4v) is 3.59. The Kier molecular flexibility index (Phi) is 6.50. The van der Waals surface area contributed by atoms with E-state index in [1.54, 1.807) is 10.9 Å². The van der Waals surface area contributed by atoms with E-state index in [2.05, 4.69) is 42.2 Å². The van der Waals surface area contributed by atoms with E-state index in [1.807, 2.05) is 12.1 Å². The van der Waals surface area contributed by atoms with Gasteiger partial charge in [-0.15, -0.1) is 0 Å². The number of fused-ring (bicyclic) bond motifs is 3. The second-order valence-electron chi connectivity index (χ2n) is 7.16. The lowest BCUT2D eigenvalue weighted by atomic mass is 10.0. The normalized spacial score (nSPS) is 12.4. The number of carbonyl (C=O) groups excluding carboxylic acids is 1. The molecule has 1 amide bonds. The second-order valence-corrected chi connectivity index (χ2v) is 7.16. The Balaban J connectivity index is 1.62. The number of hydrogen-bond donors (Lipinski definition) is 1. The van der Waals surface area contributed by atoms with Gasteiger partial charge in [-0.3, -0.25) is 9.48 Å². The van der Waals surface area contributed by atoms with Gasteiger partial charge in [0, 0.05) is 24.2 Å². The van der Waals surface area contributed by atoms with Gasteiger partial charge < -0.3 is 15.0 Å². The average Bonchev–Trinajstić information content (AvgIpc) is 3.05. The zero-order valence-corrected chi connectivity index (χ0v) is 16.6. The highest BCUT2D eigenvalue weighted by atomic mass is 16.5. The number of nitrogens with zero attached hydrogens (tertiary/aromatic N) is 3. The maximum absolute atomic E-state index is 12.5. The van der Waals surface area contributed by atoms with Gasteiger partial charge in [0.05, 0.1) is 11.9 Å². The van der Waals surface area contributed by atoms with Crippen LogP contribution in [0, 0.1) is 6.92 Å². The first-order valence-corrected chi connectivity index (χ1v) is 9.90. The fourth-order valence-electron chi connectivity index (χ4n) is 3.59. The SMILES string of the molecule is CCCN(CCC)CCNC(=O)Cn1ncc2c1-c1cc(C)ccc1OC2. The van der Waals surface area contributed by atoms with Crippen LogP contribution in [0.1, 0.15) is 37.8 Å². The van der Waals surface area contributed by atoms with Crippen molar-refractivity contribution < 1.29 is 9.53 Å². The van der Waals surface area contributed by atoms with Gasteiger partial charge in [-0.25, -0.2) is 0 Å². The lowest BCUT2D eigenvalue weighted by Gasteiger charge is -2.21. The Labute approximate surface area is 161 Å². The third kappa shape index (κ3) is 4.69. The molecule has 0 radical (unpaired) electrons. The molecule has 6 heteroatoms. The lowest BCUT2D eigenvalue weighted by molar-refractivity contribution is -0.121. The maximum atomic E-state index is 12.5. The zero-order valence-electron chi connectivity index (χ0n) is 16.6. The van der Waals surface area contributed by atoms with E-state index in [-0.39, 0.29) is 12.5 Å². The van der Waals surface area contributed by atoms with E-state index in [9.17, 15) is 4.79 Å². The van der Waals surface area contributed by atoms with Gasteiger partial charge in [-0.1, -0.05) is 25.5 Å². The zero-order chi connectivity index (χ0) is 19.2. The summed E-state index contributed by atoms with van der Waals surface area (Å²) in [6.45, 7) is 10.9. The van der Waals surface area contributed by atoms with E-state index >= 15 is 0 Å². The molecule has 0 unspecified atom stereocenters. The first kappa shape index (κ1) is 19.4. The summed E-state index contributed by atoms with van der Waals surface area (Å²) in [4.78, 5) is 14.8. The molecule has 0 saturated heterocycles. The molecule has 1 N–H and O–H groups in total. The predicted molar refractivity (Wildman–Crippen MR) is 107 cm³/mol. The molecule has 2 aromatic rings. The van der Waals surface area contributed by atoms with Gasteiger partial charge in [0.15, 0.2) is 0 Å². The number of hydrogen-bond acceptors (Lipinski definition) is 4. The minimum absolute atomic E-state index is 0.00505.